The molecule has 0 aromatic carbocycles. The minimum Gasteiger partial charge on any atom is -0.395 e. The highest BCUT2D eigenvalue weighted by Crippen LogP contribution is 2.23. The molecule has 0 aromatic heterocycles. The van der Waals surface area contributed by atoms with E-state index in [9.17, 15) is 9.90 Å². The maximum Gasteiger partial charge on any atom is 0.234 e. The molecule has 1 amide bonds. The third kappa shape index (κ3) is 4.00. The topological polar surface area (TPSA) is 55.8 Å². The van der Waals surface area contributed by atoms with Crippen LogP contribution in [0.15, 0.2) is 0 Å². The Labute approximate surface area is 134 Å². The van der Waals surface area contributed by atoms with E-state index in [1.54, 1.807) is 0 Å². The van der Waals surface area contributed by atoms with Crippen molar-refractivity contribution in [3.63, 3.8) is 0 Å². The van der Waals surface area contributed by atoms with Crippen molar-refractivity contribution in [2.45, 2.75) is 69.5 Å². The zero-order valence-corrected chi connectivity index (χ0v) is 13.7. The molecule has 2 atom stereocenters. The summed E-state index contributed by atoms with van der Waals surface area (Å²) in [6, 6.07) is 1.25. The molecule has 3 aliphatic rings. The Kier molecular flexibility index (Phi) is 5.71. The molecule has 0 aromatic rings. The fraction of sp³-hybridized carbons (Fsp3) is 0.941. The Balaban J connectivity index is 1.46. The molecule has 0 spiro atoms. The second-order valence-electron chi connectivity index (χ2n) is 7.29. The van der Waals surface area contributed by atoms with E-state index in [0.29, 0.717) is 24.7 Å². The summed E-state index contributed by atoms with van der Waals surface area (Å²) in [5.74, 6) is 0.207. The number of amides is 1. The van der Waals surface area contributed by atoms with Crippen molar-refractivity contribution in [2.75, 3.05) is 32.8 Å². The maximum atomic E-state index is 12.3. The molecule has 0 bridgehead atoms. The fourth-order valence-corrected chi connectivity index (χ4v) is 4.45. The van der Waals surface area contributed by atoms with Crippen molar-refractivity contribution in [1.82, 2.24) is 15.1 Å². The van der Waals surface area contributed by atoms with Gasteiger partial charge >= 0.3 is 0 Å². The zero-order valence-electron chi connectivity index (χ0n) is 13.7. The molecule has 2 N–H and O–H groups in total. The lowest BCUT2D eigenvalue weighted by Gasteiger charge is -2.31. The normalized spacial score (nSPS) is 31.1. The Morgan fingerprint density at radius 3 is 2.36 bits per heavy atom. The summed E-state index contributed by atoms with van der Waals surface area (Å²) in [6.45, 7) is 3.99. The van der Waals surface area contributed by atoms with Gasteiger partial charge in [-0.25, -0.2) is 0 Å². The monoisotopic (exact) mass is 309 g/mol. The molecule has 22 heavy (non-hydrogen) atoms. The van der Waals surface area contributed by atoms with Crippen molar-refractivity contribution in [3.8, 4) is 0 Å². The quantitative estimate of drug-likeness (QED) is 0.767. The number of rotatable bonds is 6. The van der Waals surface area contributed by atoms with Crippen LogP contribution in [0.2, 0.25) is 0 Å². The summed E-state index contributed by atoms with van der Waals surface area (Å²) < 4.78 is 0. The number of nitrogens with zero attached hydrogens (tertiary/aromatic N) is 2. The summed E-state index contributed by atoms with van der Waals surface area (Å²) in [5.41, 5.74) is 0. The number of likely N-dealkylation sites (tertiary alicyclic amines) is 2. The molecule has 5 nitrogen and oxygen atoms in total. The lowest BCUT2D eigenvalue weighted by molar-refractivity contribution is -0.123. The van der Waals surface area contributed by atoms with E-state index in [4.69, 9.17) is 0 Å². The number of aliphatic hydroxyl groups excluding tert-OH is 1. The minimum atomic E-state index is 0.207. The van der Waals surface area contributed by atoms with Gasteiger partial charge in [0.05, 0.1) is 13.2 Å². The zero-order chi connectivity index (χ0) is 15.4. The molecule has 0 radical (unpaired) electrons. The number of carbonyl (C=O) groups is 1. The smallest absolute Gasteiger partial charge is 0.234 e. The van der Waals surface area contributed by atoms with Crippen LogP contribution in [0.4, 0.5) is 0 Å². The van der Waals surface area contributed by atoms with Crippen LogP contribution in [0, 0.1) is 0 Å². The van der Waals surface area contributed by atoms with Gasteiger partial charge < -0.3 is 10.4 Å². The van der Waals surface area contributed by atoms with E-state index in [-0.39, 0.29) is 12.5 Å². The molecule has 5 heteroatoms. The van der Waals surface area contributed by atoms with E-state index >= 15 is 0 Å². The molecule has 2 unspecified atom stereocenters. The van der Waals surface area contributed by atoms with E-state index in [1.165, 1.54) is 32.1 Å². The van der Waals surface area contributed by atoms with Gasteiger partial charge in [0.25, 0.3) is 0 Å². The van der Waals surface area contributed by atoms with Gasteiger partial charge in [0.2, 0.25) is 5.91 Å². The summed E-state index contributed by atoms with van der Waals surface area (Å²) in [4.78, 5) is 17.0. The first-order valence-electron chi connectivity index (χ1n) is 9.14. The standard InChI is InChI=1S/C17H31N3O2/c21-13-16-8-4-9-19(16)11-15-7-3-10-20(15)12-17(22)18-14-5-1-2-6-14/h14-16,21H,1-13H2,(H,18,22). The fourth-order valence-electron chi connectivity index (χ4n) is 4.45. The maximum absolute atomic E-state index is 12.3. The van der Waals surface area contributed by atoms with Gasteiger partial charge in [0.15, 0.2) is 0 Å². The first-order valence-corrected chi connectivity index (χ1v) is 9.14. The molecule has 1 aliphatic carbocycles. The minimum absolute atomic E-state index is 0.207. The van der Waals surface area contributed by atoms with Crippen molar-refractivity contribution in [3.05, 3.63) is 0 Å². The molecule has 126 valence electrons. The van der Waals surface area contributed by atoms with Gasteiger partial charge in [-0.1, -0.05) is 12.8 Å². The Hall–Kier alpha value is -0.650. The molecule has 3 rings (SSSR count). The Morgan fingerprint density at radius 2 is 1.64 bits per heavy atom. The van der Waals surface area contributed by atoms with E-state index in [1.807, 2.05) is 0 Å². The van der Waals surface area contributed by atoms with Crippen LogP contribution in [-0.4, -0.2) is 71.7 Å². The van der Waals surface area contributed by atoms with E-state index in [0.717, 1.165) is 38.9 Å². The second-order valence-corrected chi connectivity index (χ2v) is 7.29. The third-order valence-corrected chi connectivity index (χ3v) is 5.72. The van der Waals surface area contributed by atoms with Crippen molar-refractivity contribution < 1.29 is 9.90 Å². The van der Waals surface area contributed by atoms with E-state index in [2.05, 4.69) is 15.1 Å². The van der Waals surface area contributed by atoms with Gasteiger partial charge in [-0.3, -0.25) is 14.6 Å². The highest BCUT2D eigenvalue weighted by atomic mass is 16.3. The molecule has 2 saturated heterocycles. The summed E-state index contributed by atoms with van der Waals surface area (Å²) in [5, 5.41) is 12.7. The largest absolute Gasteiger partial charge is 0.395 e. The van der Waals surface area contributed by atoms with Crippen molar-refractivity contribution in [2.24, 2.45) is 0 Å². The van der Waals surface area contributed by atoms with E-state index < -0.39 is 0 Å². The average molecular weight is 309 g/mol. The summed E-state index contributed by atoms with van der Waals surface area (Å²) in [6.07, 6.45) is 9.52. The molecular formula is C17H31N3O2. The molecule has 2 aliphatic heterocycles. The number of carbonyl (C=O) groups excluding carboxylic acids is 1. The Morgan fingerprint density at radius 1 is 0.955 bits per heavy atom. The average Bonchev–Trinajstić information content (AvgIpc) is 3.22. The lowest BCUT2D eigenvalue weighted by atomic mass is 10.2. The SMILES string of the molecule is O=C(CN1CCCC1CN1CCCC1CO)NC1CCCC1. The van der Waals surface area contributed by atoms with Crippen LogP contribution < -0.4 is 5.32 Å². The summed E-state index contributed by atoms with van der Waals surface area (Å²) >= 11 is 0. The number of aliphatic hydroxyl groups is 1. The molecule has 1 saturated carbocycles. The van der Waals surface area contributed by atoms with Gasteiger partial charge in [-0.15, -0.1) is 0 Å². The van der Waals surface area contributed by atoms with Gasteiger partial charge in [-0.2, -0.15) is 0 Å². The van der Waals surface area contributed by atoms with Crippen molar-refractivity contribution in [1.29, 1.82) is 0 Å². The van der Waals surface area contributed by atoms with Crippen LogP contribution in [0.5, 0.6) is 0 Å². The number of nitrogens with one attached hydrogen (secondary N) is 1. The first-order chi connectivity index (χ1) is 10.8. The predicted octanol–water partition coefficient (Wildman–Crippen LogP) is 0.966. The molecule has 2 heterocycles. The van der Waals surface area contributed by atoms with Crippen LogP contribution in [0.25, 0.3) is 0 Å². The predicted molar refractivity (Wildman–Crippen MR) is 86.7 cm³/mol. The van der Waals surface area contributed by atoms with Gasteiger partial charge in [-0.05, 0) is 51.6 Å². The number of hydrogen-bond acceptors (Lipinski definition) is 4. The van der Waals surface area contributed by atoms with Crippen LogP contribution in [0.1, 0.15) is 51.4 Å². The highest BCUT2D eigenvalue weighted by Gasteiger charge is 2.32. The van der Waals surface area contributed by atoms with Crippen LogP contribution >= 0.6 is 0 Å². The lowest BCUT2D eigenvalue weighted by Crippen LogP contribution is -2.47. The van der Waals surface area contributed by atoms with Crippen LogP contribution in [0.3, 0.4) is 0 Å². The molecular weight excluding hydrogens is 278 g/mol. The van der Waals surface area contributed by atoms with Crippen LogP contribution in [-0.2, 0) is 4.79 Å². The van der Waals surface area contributed by atoms with Gasteiger partial charge in [0.1, 0.15) is 0 Å². The first kappa shape index (κ1) is 16.2. The summed E-state index contributed by atoms with van der Waals surface area (Å²) in [7, 11) is 0. The van der Waals surface area contributed by atoms with Gasteiger partial charge in [0, 0.05) is 24.7 Å². The second kappa shape index (κ2) is 7.75. The third-order valence-electron chi connectivity index (χ3n) is 5.72. The van der Waals surface area contributed by atoms with Crippen molar-refractivity contribution >= 4 is 5.91 Å². The Bertz CT molecular complexity index is 371. The number of hydrogen-bond donors (Lipinski definition) is 2. The molecule has 3 fully saturated rings. The highest BCUT2D eigenvalue weighted by molar-refractivity contribution is 5.78.